The second-order valence-electron chi connectivity index (χ2n) is 5.46. The molecule has 3 N–H and O–H groups in total. The van der Waals surface area contributed by atoms with Gasteiger partial charge in [0.05, 0.1) is 6.10 Å². The smallest absolute Gasteiger partial charge is 0.225 e. The van der Waals surface area contributed by atoms with Gasteiger partial charge in [0.25, 0.3) is 0 Å². The normalized spacial score (nSPS) is 12.9. The van der Waals surface area contributed by atoms with Crippen LogP contribution >= 0.6 is 0 Å². The van der Waals surface area contributed by atoms with Crippen LogP contribution in [0.15, 0.2) is 0 Å². The number of hydrogen-bond acceptors (Lipinski definition) is 3. The first-order valence-corrected chi connectivity index (χ1v) is 6.50. The molecule has 0 fully saturated rings. The van der Waals surface area contributed by atoms with E-state index in [-0.39, 0.29) is 24.3 Å². The standard InChI is InChI=1S/C13H26N2O3/c1-5-10(16)6-8-14-11(17)7-9-15-12(18)13(2,3)4/h10,16H,5-9H2,1-4H3,(H,14,17)(H,15,18). The molecule has 0 spiro atoms. The predicted octanol–water partition coefficient (Wildman–Crippen LogP) is 0.816. The fourth-order valence-electron chi connectivity index (χ4n) is 1.23. The summed E-state index contributed by atoms with van der Waals surface area (Å²) >= 11 is 0. The van der Waals surface area contributed by atoms with E-state index in [1.165, 1.54) is 0 Å². The van der Waals surface area contributed by atoms with E-state index in [4.69, 9.17) is 0 Å². The molecule has 5 heteroatoms. The Hall–Kier alpha value is -1.10. The lowest BCUT2D eigenvalue weighted by Crippen LogP contribution is -2.37. The van der Waals surface area contributed by atoms with E-state index in [0.29, 0.717) is 25.9 Å². The Labute approximate surface area is 109 Å². The summed E-state index contributed by atoms with van der Waals surface area (Å²) in [7, 11) is 0. The Bertz CT molecular complexity index is 272. The molecule has 0 bridgehead atoms. The van der Waals surface area contributed by atoms with Crippen LogP contribution < -0.4 is 10.6 Å². The van der Waals surface area contributed by atoms with Crippen molar-refractivity contribution in [1.29, 1.82) is 0 Å². The van der Waals surface area contributed by atoms with Gasteiger partial charge in [-0.25, -0.2) is 0 Å². The number of aliphatic hydroxyl groups excluding tert-OH is 1. The van der Waals surface area contributed by atoms with Gasteiger partial charge in [-0.05, 0) is 12.8 Å². The van der Waals surface area contributed by atoms with Crippen LogP contribution in [-0.4, -0.2) is 36.1 Å². The van der Waals surface area contributed by atoms with Crippen molar-refractivity contribution in [1.82, 2.24) is 10.6 Å². The summed E-state index contributed by atoms with van der Waals surface area (Å²) in [6, 6.07) is 0. The van der Waals surface area contributed by atoms with Gasteiger partial charge in [0.15, 0.2) is 0 Å². The highest BCUT2D eigenvalue weighted by molar-refractivity contribution is 5.82. The van der Waals surface area contributed by atoms with Crippen LogP contribution in [0.1, 0.15) is 47.0 Å². The molecule has 2 amide bonds. The maximum absolute atomic E-state index is 11.5. The van der Waals surface area contributed by atoms with Crippen LogP contribution in [0.4, 0.5) is 0 Å². The molecule has 18 heavy (non-hydrogen) atoms. The zero-order chi connectivity index (χ0) is 14.2. The van der Waals surface area contributed by atoms with Crippen molar-refractivity contribution >= 4 is 11.8 Å². The summed E-state index contributed by atoms with van der Waals surface area (Å²) in [4.78, 5) is 22.9. The zero-order valence-electron chi connectivity index (χ0n) is 11.9. The number of carbonyl (C=O) groups is 2. The summed E-state index contributed by atoms with van der Waals surface area (Å²) in [5.41, 5.74) is -0.429. The molecule has 5 nitrogen and oxygen atoms in total. The Balaban J connectivity index is 3.63. The van der Waals surface area contributed by atoms with Crippen LogP contribution in [-0.2, 0) is 9.59 Å². The lowest BCUT2D eigenvalue weighted by atomic mass is 9.96. The first-order chi connectivity index (χ1) is 8.27. The Morgan fingerprint density at radius 1 is 1.17 bits per heavy atom. The number of amides is 2. The monoisotopic (exact) mass is 258 g/mol. The van der Waals surface area contributed by atoms with Crippen molar-refractivity contribution in [2.75, 3.05) is 13.1 Å². The number of nitrogens with one attached hydrogen (secondary N) is 2. The SMILES string of the molecule is CCC(O)CCNC(=O)CCNC(=O)C(C)(C)C. The fourth-order valence-corrected chi connectivity index (χ4v) is 1.23. The largest absolute Gasteiger partial charge is 0.393 e. The average molecular weight is 258 g/mol. The first-order valence-electron chi connectivity index (χ1n) is 6.50. The molecule has 1 atom stereocenters. The number of rotatable bonds is 7. The van der Waals surface area contributed by atoms with Crippen molar-refractivity contribution in [3.05, 3.63) is 0 Å². The van der Waals surface area contributed by atoms with E-state index < -0.39 is 5.41 Å². The van der Waals surface area contributed by atoms with E-state index in [2.05, 4.69) is 10.6 Å². The van der Waals surface area contributed by atoms with Gasteiger partial charge in [0.2, 0.25) is 11.8 Å². The second kappa shape index (κ2) is 8.08. The molecule has 0 rings (SSSR count). The third kappa shape index (κ3) is 8.06. The van der Waals surface area contributed by atoms with Crippen LogP contribution in [0.2, 0.25) is 0 Å². The highest BCUT2D eigenvalue weighted by Crippen LogP contribution is 2.11. The van der Waals surface area contributed by atoms with Crippen LogP contribution in [0.5, 0.6) is 0 Å². The number of carbonyl (C=O) groups excluding carboxylic acids is 2. The second-order valence-corrected chi connectivity index (χ2v) is 5.46. The van der Waals surface area contributed by atoms with Crippen LogP contribution in [0, 0.1) is 5.41 Å². The summed E-state index contributed by atoms with van der Waals surface area (Å²) in [6.07, 6.45) is 1.17. The summed E-state index contributed by atoms with van der Waals surface area (Å²) in [5, 5.41) is 14.7. The molecule has 0 aromatic carbocycles. The first kappa shape index (κ1) is 16.9. The minimum atomic E-state index is -0.429. The Kier molecular flexibility index (Phi) is 7.59. The zero-order valence-corrected chi connectivity index (χ0v) is 11.9. The minimum absolute atomic E-state index is 0.0586. The molecule has 0 heterocycles. The topological polar surface area (TPSA) is 78.4 Å². The molecule has 0 saturated carbocycles. The van der Waals surface area contributed by atoms with E-state index in [1.54, 1.807) is 0 Å². The molecular weight excluding hydrogens is 232 g/mol. The molecule has 0 aliphatic rings. The van der Waals surface area contributed by atoms with Crippen molar-refractivity contribution < 1.29 is 14.7 Å². The number of aliphatic hydroxyl groups is 1. The fraction of sp³-hybridized carbons (Fsp3) is 0.846. The van der Waals surface area contributed by atoms with Crippen molar-refractivity contribution in [3.63, 3.8) is 0 Å². The highest BCUT2D eigenvalue weighted by atomic mass is 16.3. The Morgan fingerprint density at radius 2 is 1.78 bits per heavy atom. The molecular formula is C13H26N2O3. The van der Waals surface area contributed by atoms with E-state index in [9.17, 15) is 14.7 Å². The lowest BCUT2D eigenvalue weighted by Gasteiger charge is -2.17. The van der Waals surface area contributed by atoms with Crippen molar-refractivity contribution in [3.8, 4) is 0 Å². The van der Waals surface area contributed by atoms with E-state index in [1.807, 2.05) is 27.7 Å². The van der Waals surface area contributed by atoms with E-state index in [0.717, 1.165) is 0 Å². The minimum Gasteiger partial charge on any atom is -0.393 e. The predicted molar refractivity (Wildman–Crippen MR) is 71.0 cm³/mol. The number of hydrogen-bond donors (Lipinski definition) is 3. The maximum Gasteiger partial charge on any atom is 0.225 e. The average Bonchev–Trinajstić information content (AvgIpc) is 2.27. The molecule has 106 valence electrons. The molecule has 0 aliphatic carbocycles. The van der Waals surface area contributed by atoms with Crippen molar-refractivity contribution in [2.24, 2.45) is 5.41 Å². The van der Waals surface area contributed by atoms with Gasteiger partial charge in [0, 0.05) is 24.9 Å². The summed E-state index contributed by atoms with van der Waals surface area (Å²) in [6.45, 7) is 8.20. The molecule has 0 aromatic rings. The van der Waals surface area contributed by atoms with Gasteiger partial charge in [-0.1, -0.05) is 27.7 Å². The van der Waals surface area contributed by atoms with Crippen LogP contribution in [0.3, 0.4) is 0 Å². The molecule has 1 unspecified atom stereocenters. The third-order valence-corrected chi connectivity index (χ3v) is 2.59. The molecule has 0 radical (unpaired) electrons. The van der Waals surface area contributed by atoms with Gasteiger partial charge in [-0.2, -0.15) is 0 Å². The van der Waals surface area contributed by atoms with Gasteiger partial charge < -0.3 is 15.7 Å². The maximum atomic E-state index is 11.5. The summed E-state index contributed by atoms with van der Waals surface area (Å²) < 4.78 is 0. The van der Waals surface area contributed by atoms with Gasteiger partial charge in [0.1, 0.15) is 0 Å². The van der Waals surface area contributed by atoms with Gasteiger partial charge in [-0.15, -0.1) is 0 Å². The highest BCUT2D eigenvalue weighted by Gasteiger charge is 2.20. The molecule has 0 aromatic heterocycles. The summed E-state index contributed by atoms with van der Waals surface area (Å²) in [5.74, 6) is -0.163. The van der Waals surface area contributed by atoms with E-state index >= 15 is 0 Å². The third-order valence-electron chi connectivity index (χ3n) is 2.59. The lowest BCUT2D eigenvalue weighted by molar-refractivity contribution is -0.128. The molecule has 0 aliphatic heterocycles. The van der Waals surface area contributed by atoms with Gasteiger partial charge >= 0.3 is 0 Å². The Morgan fingerprint density at radius 3 is 2.28 bits per heavy atom. The molecule has 0 saturated heterocycles. The van der Waals surface area contributed by atoms with Gasteiger partial charge in [-0.3, -0.25) is 9.59 Å². The van der Waals surface area contributed by atoms with Crippen LogP contribution in [0.25, 0.3) is 0 Å². The van der Waals surface area contributed by atoms with Crippen molar-refractivity contribution in [2.45, 2.75) is 53.1 Å². The quantitative estimate of drug-likeness (QED) is 0.632.